The van der Waals surface area contributed by atoms with E-state index in [9.17, 15) is 14.7 Å². The second-order valence-corrected chi connectivity index (χ2v) is 3.77. The fourth-order valence-corrected chi connectivity index (χ4v) is 1.51. The van der Waals surface area contributed by atoms with Crippen molar-refractivity contribution in [3.8, 4) is 17.2 Å². The van der Waals surface area contributed by atoms with Gasteiger partial charge in [0.1, 0.15) is 17.2 Å². The highest BCUT2D eigenvalue weighted by Crippen LogP contribution is 2.27. The normalized spacial score (nSPS) is 9.89. The Morgan fingerprint density at radius 1 is 1.11 bits per heavy atom. The van der Waals surface area contributed by atoms with Crippen molar-refractivity contribution in [3.05, 3.63) is 53.6 Å². The van der Waals surface area contributed by atoms with Gasteiger partial charge in [0.15, 0.2) is 6.29 Å². The van der Waals surface area contributed by atoms with Gasteiger partial charge in [-0.25, -0.2) is 4.79 Å². The average molecular weight is 258 g/mol. The molecule has 5 nitrogen and oxygen atoms in total. The van der Waals surface area contributed by atoms with E-state index in [-0.39, 0.29) is 22.6 Å². The third kappa shape index (κ3) is 2.90. The van der Waals surface area contributed by atoms with Crippen molar-refractivity contribution < 1.29 is 24.5 Å². The number of phenolic OH excluding ortho intramolecular Hbond substituents is 1. The van der Waals surface area contributed by atoms with Crippen molar-refractivity contribution in [1.82, 2.24) is 0 Å². The third-order valence-electron chi connectivity index (χ3n) is 2.45. The first-order valence-corrected chi connectivity index (χ1v) is 5.39. The molecule has 0 unspecified atom stereocenters. The first-order chi connectivity index (χ1) is 9.10. The number of phenols is 1. The van der Waals surface area contributed by atoms with Crippen LogP contribution in [0.5, 0.6) is 17.2 Å². The maximum absolute atomic E-state index is 10.8. The van der Waals surface area contributed by atoms with Gasteiger partial charge in [-0.1, -0.05) is 0 Å². The van der Waals surface area contributed by atoms with E-state index in [1.54, 1.807) is 0 Å². The van der Waals surface area contributed by atoms with Gasteiger partial charge in [0.05, 0.1) is 11.1 Å². The molecule has 5 heteroatoms. The molecule has 96 valence electrons. The Morgan fingerprint density at radius 3 is 2.37 bits per heavy atom. The topological polar surface area (TPSA) is 83.8 Å². The lowest BCUT2D eigenvalue weighted by Gasteiger charge is -2.08. The number of ether oxygens (including phenoxy) is 1. The van der Waals surface area contributed by atoms with E-state index in [4.69, 9.17) is 9.84 Å². The molecule has 0 atom stereocenters. The average Bonchev–Trinajstić information content (AvgIpc) is 2.41. The molecule has 0 radical (unpaired) electrons. The van der Waals surface area contributed by atoms with Crippen molar-refractivity contribution in [2.75, 3.05) is 0 Å². The number of carboxylic acids is 1. The lowest BCUT2D eigenvalue weighted by Crippen LogP contribution is -1.95. The molecular weight excluding hydrogens is 248 g/mol. The van der Waals surface area contributed by atoms with Crippen molar-refractivity contribution in [1.29, 1.82) is 0 Å². The molecule has 2 rings (SSSR count). The first kappa shape index (κ1) is 12.6. The summed E-state index contributed by atoms with van der Waals surface area (Å²) < 4.78 is 5.45. The zero-order valence-corrected chi connectivity index (χ0v) is 9.74. The van der Waals surface area contributed by atoms with Crippen LogP contribution in [0.3, 0.4) is 0 Å². The molecule has 0 fully saturated rings. The van der Waals surface area contributed by atoms with Crippen LogP contribution in [0.4, 0.5) is 0 Å². The van der Waals surface area contributed by atoms with E-state index < -0.39 is 5.97 Å². The number of hydrogen-bond donors (Lipinski definition) is 2. The van der Waals surface area contributed by atoms with E-state index in [1.807, 2.05) is 0 Å². The summed E-state index contributed by atoms with van der Waals surface area (Å²) >= 11 is 0. The van der Waals surface area contributed by atoms with Gasteiger partial charge in [0.25, 0.3) is 0 Å². The molecule has 0 saturated carbocycles. The summed E-state index contributed by atoms with van der Waals surface area (Å²) in [4.78, 5) is 21.5. The van der Waals surface area contributed by atoms with E-state index in [2.05, 4.69) is 0 Å². The maximum atomic E-state index is 10.8. The maximum Gasteiger partial charge on any atom is 0.335 e. The Bertz CT molecular complexity index is 616. The molecule has 2 aromatic carbocycles. The molecule has 0 aliphatic carbocycles. The van der Waals surface area contributed by atoms with Gasteiger partial charge in [-0.2, -0.15) is 0 Å². The quantitative estimate of drug-likeness (QED) is 0.824. The van der Waals surface area contributed by atoms with Crippen LogP contribution < -0.4 is 4.74 Å². The third-order valence-corrected chi connectivity index (χ3v) is 2.45. The van der Waals surface area contributed by atoms with Crippen LogP contribution >= 0.6 is 0 Å². The molecule has 0 heterocycles. The van der Waals surface area contributed by atoms with Crippen LogP contribution in [0.15, 0.2) is 42.5 Å². The Morgan fingerprint density at radius 2 is 1.79 bits per heavy atom. The summed E-state index contributed by atoms with van der Waals surface area (Å²) in [6, 6.07) is 9.93. The number of aldehydes is 1. The molecule has 0 aliphatic rings. The minimum atomic E-state index is -1.02. The summed E-state index contributed by atoms with van der Waals surface area (Å²) in [5.74, 6) is -0.366. The van der Waals surface area contributed by atoms with Gasteiger partial charge in [-0.15, -0.1) is 0 Å². The van der Waals surface area contributed by atoms with E-state index in [0.29, 0.717) is 12.0 Å². The molecule has 0 saturated heterocycles. The fraction of sp³-hybridized carbons (Fsp3) is 0. The highest BCUT2D eigenvalue weighted by atomic mass is 16.5. The summed E-state index contributed by atoms with van der Waals surface area (Å²) in [7, 11) is 0. The highest BCUT2D eigenvalue weighted by molar-refractivity contribution is 5.87. The molecule has 19 heavy (non-hydrogen) atoms. The molecule has 0 amide bonds. The Hall–Kier alpha value is -2.82. The lowest BCUT2D eigenvalue weighted by atomic mass is 10.2. The molecule has 2 N–H and O–H groups in total. The smallest absolute Gasteiger partial charge is 0.335 e. The van der Waals surface area contributed by atoms with E-state index in [1.165, 1.54) is 42.5 Å². The number of aromatic hydroxyl groups is 1. The predicted octanol–water partition coefficient (Wildman–Crippen LogP) is 2.70. The minimum Gasteiger partial charge on any atom is -0.508 e. The van der Waals surface area contributed by atoms with Gasteiger partial charge >= 0.3 is 5.97 Å². The molecule has 0 aliphatic heterocycles. The van der Waals surface area contributed by atoms with E-state index >= 15 is 0 Å². The molecule has 0 aromatic heterocycles. The summed E-state index contributed by atoms with van der Waals surface area (Å²) in [5.41, 5.74) is 0.357. The Balaban J connectivity index is 2.26. The van der Waals surface area contributed by atoms with Crippen molar-refractivity contribution in [2.24, 2.45) is 0 Å². The molecule has 0 bridgehead atoms. The molecule has 2 aromatic rings. The van der Waals surface area contributed by atoms with Gasteiger partial charge in [-0.05, 0) is 42.5 Å². The number of carbonyl (C=O) groups excluding carboxylic acids is 1. The highest BCUT2D eigenvalue weighted by Gasteiger charge is 2.07. The van der Waals surface area contributed by atoms with Gasteiger partial charge < -0.3 is 14.9 Å². The lowest BCUT2D eigenvalue weighted by molar-refractivity contribution is 0.0696. The van der Waals surface area contributed by atoms with Crippen molar-refractivity contribution in [3.63, 3.8) is 0 Å². The van der Waals surface area contributed by atoms with Crippen LogP contribution in [0.1, 0.15) is 20.7 Å². The summed E-state index contributed by atoms with van der Waals surface area (Å²) in [6.45, 7) is 0. The number of rotatable bonds is 4. The first-order valence-electron chi connectivity index (χ1n) is 5.39. The van der Waals surface area contributed by atoms with Crippen molar-refractivity contribution >= 4 is 12.3 Å². The largest absolute Gasteiger partial charge is 0.508 e. The fourth-order valence-electron chi connectivity index (χ4n) is 1.51. The standard InChI is InChI=1S/C14H10O5/c15-8-10-7-11(16)3-6-13(10)19-12-4-1-9(2-5-12)14(17)18/h1-8,16H,(H,17,18). The Kier molecular flexibility index (Phi) is 3.47. The van der Waals surface area contributed by atoms with Crippen LogP contribution in [-0.2, 0) is 0 Å². The van der Waals surface area contributed by atoms with Gasteiger partial charge in [0, 0.05) is 0 Å². The van der Waals surface area contributed by atoms with E-state index in [0.717, 1.165) is 0 Å². The summed E-state index contributed by atoms with van der Waals surface area (Å²) in [5, 5.41) is 18.0. The van der Waals surface area contributed by atoms with Crippen LogP contribution in [0, 0.1) is 0 Å². The van der Waals surface area contributed by atoms with Crippen LogP contribution in [0.25, 0.3) is 0 Å². The van der Waals surface area contributed by atoms with Crippen LogP contribution in [-0.4, -0.2) is 22.5 Å². The summed E-state index contributed by atoms with van der Waals surface area (Å²) in [6.07, 6.45) is 0.570. The number of hydrogen-bond acceptors (Lipinski definition) is 4. The molecule has 0 spiro atoms. The zero-order valence-electron chi connectivity index (χ0n) is 9.74. The number of benzene rings is 2. The monoisotopic (exact) mass is 258 g/mol. The Labute approximate surface area is 108 Å². The SMILES string of the molecule is O=Cc1cc(O)ccc1Oc1ccc(C(=O)O)cc1. The van der Waals surface area contributed by atoms with Gasteiger partial charge in [0.2, 0.25) is 0 Å². The minimum absolute atomic E-state index is 0.0318. The molecular formula is C14H10O5. The predicted molar refractivity (Wildman–Crippen MR) is 67.0 cm³/mol. The number of carbonyl (C=O) groups is 2. The van der Waals surface area contributed by atoms with Gasteiger partial charge in [-0.3, -0.25) is 4.79 Å². The van der Waals surface area contributed by atoms with Crippen molar-refractivity contribution in [2.45, 2.75) is 0 Å². The second-order valence-electron chi connectivity index (χ2n) is 3.77. The van der Waals surface area contributed by atoms with Crippen LogP contribution in [0.2, 0.25) is 0 Å². The number of carboxylic acid groups (broad SMARTS) is 1. The second kappa shape index (κ2) is 5.22. The zero-order chi connectivity index (χ0) is 13.8. The number of aromatic carboxylic acids is 1.